The second kappa shape index (κ2) is 10.5. The molecule has 0 aromatic heterocycles. The summed E-state index contributed by atoms with van der Waals surface area (Å²) in [5.41, 5.74) is 1.03. The molecule has 0 spiro atoms. The number of carbonyl (C=O) groups excluding carboxylic acids is 1. The third kappa shape index (κ3) is 6.68. The summed E-state index contributed by atoms with van der Waals surface area (Å²) < 4.78 is 72.9. The molecular formula is C22H26F3N3O4S. The molecule has 2 unspecified atom stereocenters. The Morgan fingerprint density at radius 3 is 2.36 bits per heavy atom. The molecule has 0 bridgehead atoms. The molecule has 11 heteroatoms. The highest BCUT2D eigenvalue weighted by Gasteiger charge is 2.24. The zero-order chi connectivity index (χ0) is 24.2. The van der Waals surface area contributed by atoms with Crippen LogP contribution in [0.2, 0.25) is 0 Å². The number of benzene rings is 2. The van der Waals surface area contributed by atoms with E-state index in [-0.39, 0.29) is 31.7 Å². The van der Waals surface area contributed by atoms with E-state index in [1.807, 2.05) is 18.7 Å². The highest BCUT2D eigenvalue weighted by Crippen LogP contribution is 2.24. The normalized spacial score (nSPS) is 18.9. The molecule has 1 fully saturated rings. The summed E-state index contributed by atoms with van der Waals surface area (Å²) >= 11 is 0. The minimum absolute atomic E-state index is 0.00776. The van der Waals surface area contributed by atoms with Gasteiger partial charge in [-0.25, -0.2) is 26.3 Å². The molecule has 2 aromatic rings. The molecular weight excluding hydrogens is 459 g/mol. The summed E-state index contributed by atoms with van der Waals surface area (Å²) in [4.78, 5) is 13.5. The molecule has 1 aliphatic rings. The lowest BCUT2D eigenvalue weighted by Crippen LogP contribution is -2.45. The number of amides is 1. The van der Waals surface area contributed by atoms with Gasteiger partial charge in [-0.2, -0.15) is 0 Å². The van der Waals surface area contributed by atoms with Crippen LogP contribution in [-0.2, 0) is 26.1 Å². The summed E-state index contributed by atoms with van der Waals surface area (Å²) in [6.45, 7) is 4.86. The standard InChI is InChI=1S/C22H26F3N3O4S/c1-14-12-28(13-15(2)32-14)21-6-3-16(9-20(21)25)11-26-22(29)7-8-27-33(30,31)17-4-5-18(23)19(24)10-17/h3-6,9-10,14-15,27H,7-8,11-13H2,1-2H3,(H,26,29). The molecule has 1 amide bonds. The summed E-state index contributed by atoms with van der Waals surface area (Å²) in [6.07, 6.45) is -0.203. The van der Waals surface area contributed by atoms with Gasteiger partial charge in [-0.05, 0) is 49.7 Å². The van der Waals surface area contributed by atoms with Gasteiger partial charge >= 0.3 is 0 Å². The van der Waals surface area contributed by atoms with Gasteiger partial charge in [0, 0.05) is 32.6 Å². The first-order valence-electron chi connectivity index (χ1n) is 10.5. The molecule has 1 aliphatic heterocycles. The van der Waals surface area contributed by atoms with E-state index in [1.54, 1.807) is 12.1 Å². The van der Waals surface area contributed by atoms with Crippen LogP contribution in [0.4, 0.5) is 18.9 Å². The molecule has 2 N–H and O–H groups in total. The van der Waals surface area contributed by atoms with E-state index in [9.17, 15) is 26.4 Å². The minimum Gasteiger partial charge on any atom is -0.372 e. The zero-order valence-electron chi connectivity index (χ0n) is 18.3. The van der Waals surface area contributed by atoms with Crippen LogP contribution < -0.4 is 14.9 Å². The lowest BCUT2D eigenvalue weighted by molar-refractivity contribution is -0.121. The Bertz CT molecular complexity index is 1100. The number of rotatable bonds is 8. The first-order chi connectivity index (χ1) is 15.5. The number of hydrogen-bond donors (Lipinski definition) is 2. The Hall–Kier alpha value is -2.63. The fraction of sp³-hybridized carbons (Fsp3) is 0.409. The summed E-state index contributed by atoms with van der Waals surface area (Å²) in [6, 6.07) is 6.94. The van der Waals surface area contributed by atoms with Crippen molar-refractivity contribution in [2.24, 2.45) is 0 Å². The number of nitrogens with zero attached hydrogens (tertiary/aromatic N) is 1. The molecule has 2 aromatic carbocycles. The number of sulfonamides is 1. The van der Waals surface area contributed by atoms with Gasteiger partial charge in [-0.15, -0.1) is 0 Å². The number of carbonyl (C=O) groups is 1. The van der Waals surface area contributed by atoms with Crippen molar-refractivity contribution in [2.45, 2.75) is 43.9 Å². The van der Waals surface area contributed by atoms with E-state index >= 15 is 0 Å². The predicted octanol–water partition coefficient (Wildman–Crippen LogP) is 2.70. The van der Waals surface area contributed by atoms with Crippen LogP contribution in [0.1, 0.15) is 25.8 Å². The van der Waals surface area contributed by atoms with Crippen LogP contribution in [0.3, 0.4) is 0 Å². The predicted molar refractivity (Wildman–Crippen MR) is 117 cm³/mol. The van der Waals surface area contributed by atoms with Gasteiger partial charge < -0.3 is 15.0 Å². The molecule has 1 heterocycles. The number of halogens is 3. The lowest BCUT2D eigenvalue weighted by Gasteiger charge is -2.37. The van der Waals surface area contributed by atoms with Crippen molar-refractivity contribution in [3.05, 3.63) is 59.4 Å². The summed E-state index contributed by atoms with van der Waals surface area (Å²) in [5, 5.41) is 2.60. The van der Waals surface area contributed by atoms with Crippen molar-refractivity contribution in [1.29, 1.82) is 0 Å². The first kappa shape index (κ1) is 25.0. The van der Waals surface area contributed by atoms with Gasteiger partial charge in [-0.3, -0.25) is 4.79 Å². The van der Waals surface area contributed by atoms with Crippen molar-refractivity contribution < 1.29 is 31.1 Å². The van der Waals surface area contributed by atoms with Crippen LogP contribution in [-0.4, -0.2) is 46.2 Å². The fourth-order valence-corrected chi connectivity index (χ4v) is 4.65. The molecule has 2 atom stereocenters. The van der Waals surface area contributed by atoms with E-state index in [0.717, 1.165) is 6.07 Å². The van der Waals surface area contributed by atoms with Gasteiger partial charge in [0.1, 0.15) is 5.82 Å². The highest BCUT2D eigenvalue weighted by atomic mass is 32.2. The minimum atomic E-state index is -4.09. The van der Waals surface area contributed by atoms with Crippen molar-refractivity contribution in [2.75, 3.05) is 24.5 Å². The molecule has 7 nitrogen and oxygen atoms in total. The molecule has 1 saturated heterocycles. The van der Waals surface area contributed by atoms with Crippen LogP contribution in [0.5, 0.6) is 0 Å². The van der Waals surface area contributed by atoms with Gasteiger partial charge in [-0.1, -0.05) is 6.07 Å². The average Bonchev–Trinajstić information content (AvgIpc) is 2.73. The van der Waals surface area contributed by atoms with Gasteiger partial charge in [0.05, 0.1) is 22.8 Å². The maximum absolute atomic E-state index is 14.6. The Kier molecular flexibility index (Phi) is 7.98. The van der Waals surface area contributed by atoms with Crippen LogP contribution in [0.15, 0.2) is 41.3 Å². The van der Waals surface area contributed by atoms with Gasteiger partial charge in [0.2, 0.25) is 15.9 Å². The third-order valence-electron chi connectivity index (χ3n) is 5.11. The second-order valence-corrected chi connectivity index (χ2v) is 9.72. The average molecular weight is 486 g/mol. The molecule has 0 saturated carbocycles. The topological polar surface area (TPSA) is 87.7 Å². The Labute approximate surface area is 191 Å². The van der Waals surface area contributed by atoms with Crippen LogP contribution in [0.25, 0.3) is 0 Å². The van der Waals surface area contributed by atoms with E-state index in [2.05, 4.69) is 10.0 Å². The van der Waals surface area contributed by atoms with E-state index in [0.29, 0.717) is 36.5 Å². The number of morpholine rings is 1. The highest BCUT2D eigenvalue weighted by molar-refractivity contribution is 7.89. The Morgan fingerprint density at radius 2 is 1.73 bits per heavy atom. The zero-order valence-corrected chi connectivity index (χ0v) is 19.1. The van der Waals surface area contributed by atoms with Crippen LogP contribution in [0, 0.1) is 17.5 Å². The number of ether oxygens (including phenoxy) is 1. The summed E-state index contributed by atoms with van der Waals surface area (Å²) in [7, 11) is -4.09. The molecule has 3 rings (SSSR count). The smallest absolute Gasteiger partial charge is 0.240 e. The molecule has 180 valence electrons. The Balaban J connectivity index is 1.48. The SMILES string of the molecule is CC1CN(c2ccc(CNC(=O)CCNS(=O)(=O)c3ccc(F)c(F)c3)cc2F)CC(C)O1. The van der Waals surface area contributed by atoms with Crippen molar-refractivity contribution >= 4 is 21.6 Å². The van der Waals surface area contributed by atoms with Gasteiger partial charge in [0.15, 0.2) is 11.6 Å². The molecule has 0 aliphatic carbocycles. The van der Waals surface area contributed by atoms with Gasteiger partial charge in [0.25, 0.3) is 0 Å². The van der Waals surface area contributed by atoms with E-state index in [1.165, 1.54) is 6.07 Å². The van der Waals surface area contributed by atoms with Crippen molar-refractivity contribution in [1.82, 2.24) is 10.0 Å². The third-order valence-corrected chi connectivity index (χ3v) is 6.57. The monoisotopic (exact) mass is 485 g/mol. The number of nitrogens with one attached hydrogen (secondary N) is 2. The molecule has 33 heavy (non-hydrogen) atoms. The van der Waals surface area contributed by atoms with Crippen molar-refractivity contribution in [3.8, 4) is 0 Å². The quantitative estimate of drug-likeness (QED) is 0.601. The second-order valence-electron chi connectivity index (χ2n) is 7.95. The largest absolute Gasteiger partial charge is 0.372 e. The maximum Gasteiger partial charge on any atom is 0.240 e. The maximum atomic E-state index is 14.6. The Morgan fingerprint density at radius 1 is 1.03 bits per heavy atom. The van der Waals surface area contributed by atoms with Crippen molar-refractivity contribution in [3.63, 3.8) is 0 Å². The molecule has 0 radical (unpaired) electrons. The number of hydrogen-bond acceptors (Lipinski definition) is 5. The lowest BCUT2D eigenvalue weighted by atomic mass is 10.1. The number of anilines is 1. The van der Waals surface area contributed by atoms with E-state index in [4.69, 9.17) is 4.74 Å². The summed E-state index contributed by atoms with van der Waals surface area (Å²) in [5.74, 6) is -3.30. The fourth-order valence-electron chi connectivity index (χ4n) is 3.61. The van der Waals surface area contributed by atoms with E-state index < -0.39 is 38.3 Å². The van der Waals surface area contributed by atoms with Crippen LogP contribution >= 0.6 is 0 Å². The first-order valence-corrected chi connectivity index (χ1v) is 11.9.